The first-order valence-electron chi connectivity index (χ1n) is 9.16. The second kappa shape index (κ2) is 6.90. The molecule has 2 unspecified atom stereocenters. The van der Waals surface area contributed by atoms with Gasteiger partial charge in [-0.25, -0.2) is 4.79 Å². The molecule has 7 nitrogen and oxygen atoms in total. The summed E-state index contributed by atoms with van der Waals surface area (Å²) >= 11 is 0. The van der Waals surface area contributed by atoms with Crippen molar-refractivity contribution in [2.24, 2.45) is 0 Å². The number of carbonyl (C=O) groups excluding carboxylic acids is 2. The summed E-state index contributed by atoms with van der Waals surface area (Å²) in [5, 5.41) is 10.7. The maximum Gasteiger partial charge on any atom is 0.360 e. The van der Waals surface area contributed by atoms with Gasteiger partial charge in [-0.3, -0.25) is 4.79 Å². The van der Waals surface area contributed by atoms with Gasteiger partial charge in [0.05, 0.1) is 18.6 Å². The molecule has 1 saturated heterocycles. The third-order valence-electron chi connectivity index (χ3n) is 5.33. The van der Waals surface area contributed by atoms with Crippen LogP contribution in [-0.2, 0) is 16.0 Å². The van der Waals surface area contributed by atoms with Crippen LogP contribution in [-0.4, -0.2) is 45.3 Å². The van der Waals surface area contributed by atoms with Gasteiger partial charge in [0.15, 0.2) is 5.69 Å². The van der Waals surface area contributed by atoms with E-state index < -0.39 is 5.97 Å². The quantitative estimate of drug-likeness (QED) is 0.852. The van der Waals surface area contributed by atoms with Gasteiger partial charge >= 0.3 is 5.97 Å². The molecule has 0 spiro atoms. The minimum absolute atomic E-state index is 0.107. The number of aromatic amines is 1. The molecule has 2 aliphatic rings. The Labute approximate surface area is 151 Å². The lowest BCUT2D eigenvalue weighted by Crippen LogP contribution is -2.35. The highest BCUT2D eigenvalue weighted by Gasteiger charge is 2.40. The van der Waals surface area contributed by atoms with E-state index in [1.54, 1.807) is 6.92 Å². The summed E-state index contributed by atoms with van der Waals surface area (Å²) in [7, 11) is 0. The Kier molecular flexibility index (Phi) is 4.44. The van der Waals surface area contributed by atoms with Crippen molar-refractivity contribution < 1.29 is 14.3 Å². The molecule has 0 saturated carbocycles. The topological polar surface area (TPSA) is 88.2 Å². The molecule has 2 aromatic rings. The third-order valence-corrected chi connectivity index (χ3v) is 5.33. The second-order valence-corrected chi connectivity index (χ2v) is 6.76. The minimum Gasteiger partial charge on any atom is -0.461 e. The zero-order valence-electron chi connectivity index (χ0n) is 14.8. The van der Waals surface area contributed by atoms with Crippen molar-refractivity contribution in [1.82, 2.24) is 20.3 Å². The fraction of sp³-hybridized carbons (Fsp3) is 0.474. The fourth-order valence-corrected chi connectivity index (χ4v) is 4.15. The number of amides is 1. The molecule has 0 bridgehead atoms. The van der Waals surface area contributed by atoms with Gasteiger partial charge in [0.25, 0.3) is 0 Å². The number of esters is 1. The first-order valence-corrected chi connectivity index (χ1v) is 9.16. The van der Waals surface area contributed by atoms with Crippen LogP contribution in [0.2, 0.25) is 0 Å². The summed E-state index contributed by atoms with van der Waals surface area (Å²) in [6.45, 7) is 2.70. The molecule has 1 aliphatic heterocycles. The van der Waals surface area contributed by atoms with Crippen LogP contribution in [0.25, 0.3) is 0 Å². The lowest BCUT2D eigenvalue weighted by molar-refractivity contribution is -0.133. The molecule has 1 aliphatic carbocycles. The van der Waals surface area contributed by atoms with Crippen LogP contribution in [0.4, 0.5) is 0 Å². The molecule has 7 heteroatoms. The van der Waals surface area contributed by atoms with Gasteiger partial charge in [-0.2, -0.15) is 10.3 Å². The van der Waals surface area contributed by atoms with E-state index in [-0.39, 0.29) is 30.2 Å². The fourth-order valence-electron chi connectivity index (χ4n) is 4.15. The Hall–Kier alpha value is -2.70. The highest BCUT2D eigenvalue weighted by molar-refractivity contribution is 5.89. The summed E-state index contributed by atoms with van der Waals surface area (Å²) in [4.78, 5) is 27.3. The third kappa shape index (κ3) is 2.77. The first kappa shape index (κ1) is 16.8. The summed E-state index contributed by atoms with van der Waals surface area (Å²) < 4.78 is 5.06. The van der Waals surface area contributed by atoms with Gasteiger partial charge in [0.1, 0.15) is 5.69 Å². The van der Waals surface area contributed by atoms with Gasteiger partial charge in [-0.05, 0) is 43.7 Å². The highest BCUT2D eigenvalue weighted by atomic mass is 16.5. The number of benzene rings is 1. The van der Waals surface area contributed by atoms with Crippen LogP contribution in [0.15, 0.2) is 24.3 Å². The van der Waals surface area contributed by atoms with Crippen LogP contribution in [0.3, 0.4) is 0 Å². The monoisotopic (exact) mass is 354 g/mol. The van der Waals surface area contributed by atoms with Gasteiger partial charge in [-0.15, -0.1) is 5.10 Å². The van der Waals surface area contributed by atoms with Gasteiger partial charge in [0, 0.05) is 6.54 Å². The average Bonchev–Trinajstić information content (AvgIpc) is 3.38. The maximum absolute atomic E-state index is 13.3. The standard InChI is InChI=1S/C19H22N4O3/c1-2-26-19(25)17-16(20-22-21-17)15-8-5-11-23(15)18(24)14-10-9-12-6-3-4-7-13(12)14/h3-4,6-7,14-15H,2,5,8-11H2,1H3,(H,20,21,22). The number of rotatable bonds is 4. The molecule has 1 fully saturated rings. The maximum atomic E-state index is 13.3. The second-order valence-electron chi connectivity index (χ2n) is 6.76. The molecule has 1 aromatic carbocycles. The summed E-state index contributed by atoms with van der Waals surface area (Å²) in [6, 6.07) is 7.93. The van der Waals surface area contributed by atoms with Crippen LogP contribution < -0.4 is 0 Å². The Morgan fingerprint density at radius 2 is 2.12 bits per heavy atom. The zero-order chi connectivity index (χ0) is 18.1. The van der Waals surface area contributed by atoms with E-state index in [0.29, 0.717) is 12.2 Å². The van der Waals surface area contributed by atoms with Crippen LogP contribution in [0.5, 0.6) is 0 Å². The van der Waals surface area contributed by atoms with E-state index in [9.17, 15) is 9.59 Å². The molecule has 26 heavy (non-hydrogen) atoms. The molecule has 2 atom stereocenters. The van der Waals surface area contributed by atoms with E-state index >= 15 is 0 Å². The van der Waals surface area contributed by atoms with Crippen molar-refractivity contribution >= 4 is 11.9 Å². The predicted octanol–water partition coefficient (Wildman–Crippen LogP) is 2.37. The number of hydrogen-bond acceptors (Lipinski definition) is 5. The van der Waals surface area contributed by atoms with Crippen molar-refractivity contribution in [1.29, 1.82) is 0 Å². The number of likely N-dealkylation sites (tertiary alicyclic amines) is 1. The number of aryl methyl sites for hydroxylation is 1. The number of H-pyrrole nitrogens is 1. The van der Waals surface area contributed by atoms with Crippen LogP contribution in [0, 0.1) is 0 Å². The van der Waals surface area contributed by atoms with Crippen LogP contribution in [0.1, 0.15) is 65.5 Å². The average molecular weight is 354 g/mol. The Balaban J connectivity index is 1.59. The minimum atomic E-state index is -0.498. The molecular weight excluding hydrogens is 332 g/mol. The smallest absolute Gasteiger partial charge is 0.360 e. The number of aromatic nitrogens is 3. The molecule has 1 aromatic heterocycles. The number of ether oxygens (including phenoxy) is 1. The number of nitrogens with zero attached hydrogens (tertiary/aromatic N) is 3. The number of hydrogen-bond donors (Lipinski definition) is 1. The van der Waals surface area contributed by atoms with Crippen molar-refractivity contribution in [2.75, 3.05) is 13.2 Å². The lowest BCUT2D eigenvalue weighted by Gasteiger charge is -2.27. The van der Waals surface area contributed by atoms with Gasteiger partial charge in [-0.1, -0.05) is 24.3 Å². The molecule has 1 amide bonds. The molecule has 1 N–H and O–H groups in total. The summed E-state index contributed by atoms with van der Waals surface area (Å²) in [5.41, 5.74) is 3.09. The van der Waals surface area contributed by atoms with Crippen LogP contribution >= 0.6 is 0 Å². The Morgan fingerprint density at radius 1 is 1.27 bits per heavy atom. The van der Waals surface area contributed by atoms with E-state index in [2.05, 4.69) is 27.5 Å². The lowest BCUT2D eigenvalue weighted by atomic mass is 9.99. The van der Waals surface area contributed by atoms with E-state index in [1.165, 1.54) is 5.56 Å². The van der Waals surface area contributed by atoms with Crippen molar-refractivity contribution in [3.05, 3.63) is 46.8 Å². The predicted molar refractivity (Wildman–Crippen MR) is 93.5 cm³/mol. The molecule has 4 rings (SSSR count). The van der Waals surface area contributed by atoms with Gasteiger partial charge in [0.2, 0.25) is 5.91 Å². The number of nitrogens with one attached hydrogen (secondary N) is 1. The molecule has 2 heterocycles. The van der Waals surface area contributed by atoms with E-state index in [0.717, 1.165) is 31.2 Å². The largest absolute Gasteiger partial charge is 0.461 e. The molecule has 0 radical (unpaired) electrons. The molecular formula is C19H22N4O3. The van der Waals surface area contributed by atoms with Gasteiger partial charge < -0.3 is 9.64 Å². The summed E-state index contributed by atoms with van der Waals surface area (Å²) in [6.07, 6.45) is 3.44. The van der Waals surface area contributed by atoms with Crippen molar-refractivity contribution in [3.8, 4) is 0 Å². The Morgan fingerprint density at radius 3 is 2.96 bits per heavy atom. The summed E-state index contributed by atoms with van der Waals surface area (Å²) in [5.74, 6) is -0.484. The first-order chi connectivity index (χ1) is 12.7. The van der Waals surface area contributed by atoms with Crippen molar-refractivity contribution in [3.63, 3.8) is 0 Å². The SMILES string of the molecule is CCOC(=O)c1n[nH]nc1C1CCCN1C(=O)C1CCc2ccccc21. The highest BCUT2D eigenvalue weighted by Crippen LogP contribution is 2.39. The van der Waals surface area contributed by atoms with Crippen molar-refractivity contribution in [2.45, 2.75) is 44.6 Å². The normalized spacial score (nSPS) is 21.7. The number of fused-ring (bicyclic) bond motifs is 1. The Bertz CT molecular complexity index is 832. The molecule has 136 valence electrons. The van der Waals surface area contributed by atoms with E-state index in [4.69, 9.17) is 4.74 Å². The zero-order valence-corrected chi connectivity index (χ0v) is 14.8. The van der Waals surface area contributed by atoms with E-state index in [1.807, 2.05) is 17.0 Å². The number of carbonyl (C=O) groups is 2.